The van der Waals surface area contributed by atoms with E-state index in [4.69, 9.17) is 10.5 Å². The van der Waals surface area contributed by atoms with Gasteiger partial charge in [-0.3, -0.25) is 9.59 Å². The lowest BCUT2D eigenvalue weighted by atomic mass is 10.2. The predicted octanol–water partition coefficient (Wildman–Crippen LogP) is 0.375. The molecule has 2 amide bonds. The highest BCUT2D eigenvalue weighted by molar-refractivity contribution is 5.95. The van der Waals surface area contributed by atoms with Crippen LogP contribution in [0.1, 0.15) is 5.56 Å². The number of ether oxygens (including phenoxy) is 1. The lowest BCUT2D eigenvalue weighted by molar-refractivity contribution is -0.144. The molecule has 2 rings (SSSR count). The van der Waals surface area contributed by atoms with E-state index in [1.54, 1.807) is 12.1 Å². The highest BCUT2D eigenvalue weighted by atomic mass is 16.5. The summed E-state index contributed by atoms with van der Waals surface area (Å²) in [4.78, 5) is 24.8. The van der Waals surface area contributed by atoms with Gasteiger partial charge in [-0.05, 0) is 24.6 Å². The normalized spacial score (nSPS) is 15.4. The molecular formula is C13H17N3O3. The van der Waals surface area contributed by atoms with Crippen LogP contribution in [0.15, 0.2) is 18.2 Å². The molecule has 1 aromatic rings. The number of anilines is 2. The van der Waals surface area contributed by atoms with Crippen molar-refractivity contribution >= 4 is 23.2 Å². The number of benzene rings is 1. The van der Waals surface area contributed by atoms with Gasteiger partial charge in [0.1, 0.15) is 13.2 Å². The lowest BCUT2D eigenvalue weighted by Crippen LogP contribution is -2.45. The van der Waals surface area contributed by atoms with Gasteiger partial charge in [-0.15, -0.1) is 0 Å². The first-order valence-corrected chi connectivity index (χ1v) is 6.08. The van der Waals surface area contributed by atoms with E-state index in [0.29, 0.717) is 24.5 Å². The summed E-state index contributed by atoms with van der Waals surface area (Å²) >= 11 is 0. The minimum Gasteiger partial charge on any atom is -0.398 e. The Bertz CT molecular complexity index is 502. The molecular weight excluding hydrogens is 246 g/mol. The number of nitrogen functional groups attached to an aromatic ring is 1. The van der Waals surface area contributed by atoms with Crippen LogP contribution in [0.4, 0.5) is 11.4 Å². The molecule has 6 nitrogen and oxygen atoms in total. The molecule has 0 atom stereocenters. The molecule has 1 aliphatic heterocycles. The fourth-order valence-corrected chi connectivity index (χ4v) is 1.81. The molecule has 0 unspecified atom stereocenters. The summed E-state index contributed by atoms with van der Waals surface area (Å²) in [6.45, 7) is 2.90. The van der Waals surface area contributed by atoms with Crippen LogP contribution in [0.2, 0.25) is 0 Å². The van der Waals surface area contributed by atoms with Crippen molar-refractivity contribution in [3.05, 3.63) is 23.8 Å². The average molecular weight is 263 g/mol. The van der Waals surface area contributed by atoms with Gasteiger partial charge in [0, 0.05) is 17.9 Å². The number of carbonyl (C=O) groups excluding carboxylic acids is 2. The van der Waals surface area contributed by atoms with Crippen LogP contribution in [0, 0.1) is 6.92 Å². The first-order chi connectivity index (χ1) is 9.06. The number of hydrogen-bond acceptors (Lipinski definition) is 4. The highest BCUT2D eigenvalue weighted by Crippen LogP contribution is 2.16. The number of nitrogens with zero attached hydrogens (tertiary/aromatic N) is 1. The first-order valence-electron chi connectivity index (χ1n) is 6.08. The molecule has 6 heteroatoms. The predicted molar refractivity (Wildman–Crippen MR) is 71.6 cm³/mol. The van der Waals surface area contributed by atoms with E-state index in [1.165, 1.54) is 4.90 Å². The van der Waals surface area contributed by atoms with Gasteiger partial charge in [-0.25, -0.2) is 0 Å². The minimum atomic E-state index is -0.237. The summed E-state index contributed by atoms with van der Waals surface area (Å²) in [7, 11) is 0. The lowest BCUT2D eigenvalue weighted by Gasteiger charge is -2.26. The molecule has 102 valence electrons. The largest absolute Gasteiger partial charge is 0.398 e. The van der Waals surface area contributed by atoms with Crippen LogP contribution in [0.5, 0.6) is 0 Å². The molecule has 1 aliphatic rings. The van der Waals surface area contributed by atoms with Crippen molar-refractivity contribution in [1.82, 2.24) is 4.90 Å². The summed E-state index contributed by atoms with van der Waals surface area (Å²) in [5, 5.41) is 2.72. The highest BCUT2D eigenvalue weighted by Gasteiger charge is 2.20. The second kappa shape index (κ2) is 5.71. The Labute approximate surface area is 111 Å². The Morgan fingerprint density at radius 3 is 3.00 bits per heavy atom. The SMILES string of the molecule is Cc1ccc(NC(=O)CN2CCOCC2=O)cc1N. The molecule has 0 radical (unpaired) electrons. The van der Waals surface area contributed by atoms with E-state index in [-0.39, 0.29) is 25.0 Å². The van der Waals surface area contributed by atoms with Crippen molar-refractivity contribution in [2.45, 2.75) is 6.92 Å². The van der Waals surface area contributed by atoms with E-state index in [2.05, 4.69) is 5.32 Å². The van der Waals surface area contributed by atoms with Gasteiger partial charge < -0.3 is 20.7 Å². The van der Waals surface area contributed by atoms with Crippen LogP contribution in [-0.2, 0) is 14.3 Å². The molecule has 1 aromatic carbocycles. The van der Waals surface area contributed by atoms with Crippen molar-refractivity contribution in [2.75, 3.05) is 37.4 Å². The van der Waals surface area contributed by atoms with Crippen molar-refractivity contribution < 1.29 is 14.3 Å². The molecule has 19 heavy (non-hydrogen) atoms. The second-order valence-corrected chi connectivity index (χ2v) is 4.49. The Balaban J connectivity index is 1.93. The molecule has 0 aromatic heterocycles. The number of nitrogens with one attached hydrogen (secondary N) is 1. The fraction of sp³-hybridized carbons (Fsp3) is 0.385. The van der Waals surface area contributed by atoms with E-state index in [9.17, 15) is 9.59 Å². The molecule has 0 saturated carbocycles. The molecule has 0 bridgehead atoms. The van der Waals surface area contributed by atoms with Crippen molar-refractivity contribution in [1.29, 1.82) is 0 Å². The molecule has 1 heterocycles. The van der Waals surface area contributed by atoms with Gasteiger partial charge in [-0.2, -0.15) is 0 Å². The van der Waals surface area contributed by atoms with Crippen LogP contribution >= 0.6 is 0 Å². The molecule has 3 N–H and O–H groups in total. The van der Waals surface area contributed by atoms with E-state index < -0.39 is 0 Å². The maximum atomic E-state index is 11.8. The smallest absolute Gasteiger partial charge is 0.249 e. The summed E-state index contributed by atoms with van der Waals surface area (Å²) in [6, 6.07) is 5.32. The summed E-state index contributed by atoms with van der Waals surface area (Å²) in [5.74, 6) is -0.400. The quantitative estimate of drug-likeness (QED) is 0.772. The van der Waals surface area contributed by atoms with Crippen LogP contribution in [0.3, 0.4) is 0 Å². The van der Waals surface area contributed by atoms with Crippen LogP contribution < -0.4 is 11.1 Å². The van der Waals surface area contributed by atoms with Gasteiger partial charge in [0.05, 0.1) is 6.61 Å². The molecule has 0 aliphatic carbocycles. The standard InChI is InChI=1S/C13H17N3O3/c1-9-2-3-10(6-11(9)14)15-12(17)7-16-4-5-19-8-13(16)18/h2-3,6H,4-5,7-8,14H2,1H3,(H,15,17). The Hall–Kier alpha value is -2.08. The van der Waals surface area contributed by atoms with Gasteiger partial charge in [-0.1, -0.05) is 6.07 Å². The third kappa shape index (κ3) is 3.45. The van der Waals surface area contributed by atoms with Crippen molar-refractivity contribution in [3.8, 4) is 0 Å². The zero-order valence-electron chi connectivity index (χ0n) is 10.8. The second-order valence-electron chi connectivity index (χ2n) is 4.49. The Morgan fingerprint density at radius 2 is 2.32 bits per heavy atom. The van der Waals surface area contributed by atoms with Gasteiger partial charge in [0.25, 0.3) is 0 Å². The number of carbonyl (C=O) groups is 2. The van der Waals surface area contributed by atoms with Gasteiger partial charge in [0.15, 0.2) is 0 Å². The number of hydrogen-bond donors (Lipinski definition) is 2. The van der Waals surface area contributed by atoms with Gasteiger partial charge in [0.2, 0.25) is 11.8 Å². The number of morpholine rings is 1. The minimum absolute atomic E-state index is 0.0377. The monoisotopic (exact) mass is 263 g/mol. The molecule has 1 fully saturated rings. The maximum Gasteiger partial charge on any atom is 0.249 e. The fourth-order valence-electron chi connectivity index (χ4n) is 1.81. The van der Waals surface area contributed by atoms with Crippen molar-refractivity contribution in [3.63, 3.8) is 0 Å². The van der Waals surface area contributed by atoms with Crippen molar-refractivity contribution in [2.24, 2.45) is 0 Å². The average Bonchev–Trinajstić information content (AvgIpc) is 2.37. The van der Waals surface area contributed by atoms with E-state index in [1.807, 2.05) is 13.0 Å². The molecule has 0 spiro atoms. The Morgan fingerprint density at radius 1 is 1.53 bits per heavy atom. The maximum absolute atomic E-state index is 11.8. The summed E-state index contributed by atoms with van der Waals surface area (Å²) in [6.07, 6.45) is 0. The topological polar surface area (TPSA) is 84.7 Å². The number of amides is 2. The first kappa shape index (κ1) is 13.4. The number of rotatable bonds is 3. The Kier molecular flexibility index (Phi) is 4.01. The third-order valence-electron chi connectivity index (χ3n) is 2.98. The molecule has 1 saturated heterocycles. The van der Waals surface area contributed by atoms with E-state index >= 15 is 0 Å². The summed E-state index contributed by atoms with van der Waals surface area (Å²) < 4.78 is 5.00. The summed E-state index contributed by atoms with van der Waals surface area (Å²) in [5.41, 5.74) is 7.99. The van der Waals surface area contributed by atoms with E-state index in [0.717, 1.165) is 5.56 Å². The zero-order valence-corrected chi connectivity index (χ0v) is 10.8. The number of nitrogens with two attached hydrogens (primary N) is 1. The number of aryl methyl sites for hydroxylation is 1. The zero-order chi connectivity index (χ0) is 13.8. The third-order valence-corrected chi connectivity index (χ3v) is 2.98. The van der Waals surface area contributed by atoms with Crippen LogP contribution in [-0.4, -0.2) is 43.0 Å². The van der Waals surface area contributed by atoms with Gasteiger partial charge >= 0.3 is 0 Å². The van der Waals surface area contributed by atoms with Crippen LogP contribution in [0.25, 0.3) is 0 Å².